The summed E-state index contributed by atoms with van der Waals surface area (Å²) >= 11 is 0. The summed E-state index contributed by atoms with van der Waals surface area (Å²) in [5.41, 5.74) is 0.815. The molecule has 1 atom stereocenters. The van der Waals surface area contributed by atoms with Crippen LogP contribution in [0, 0.1) is 0 Å². The van der Waals surface area contributed by atoms with E-state index in [2.05, 4.69) is 0 Å². The van der Waals surface area contributed by atoms with Gasteiger partial charge in [-0.25, -0.2) is 8.42 Å². The van der Waals surface area contributed by atoms with Crippen LogP contribution in [0.25, 0.3) is 5.76 Å². The Bertz CT molecular complexity index is 514. The second kappa shape index (κ2) is 3.94. The van der Waals surface area contributed by atoms with Gasteiger partial charge in [0.15, 0.2) is 9.84 Å². The van der Waals surface area contributed by atoms with Gasteiger partial charge in [-0.1, -0.05) is 30.3 Å². The van der Waals surface area contributed by atoms with Crippen molar-refractivity contribution < 1.29 is 13.2 Å². The molecular formula is C12H14O3S. The van der Waals surface area contributed by atoms with Crippen molar-refractivity contribution in [2.45, 2.75) is 20.0 Å². The van der Waals surface area contributed by atoms with Gasteiger partial charge in [-0.2, -0.15) is 0 Å². The third-order valence-electron chi connectivity index (χ3n) is 2.60. The third kappa shape index (κ3) is 1.97. The summed E-state index contributed by atoms with van der Waals surface area (Å²) in [7, 11) is -3.15. The van der Waals surface area contributed by atoms with Crippen LogP contribution >= 0.6 is 0 Å². The molecule has 86 valence electrons. The number of benzene rings is 1. The smallest absolute Gasteiger partial charge is 0.181 e. The highest BCUT2D eigenvalue weighted by Crippen LogP contribution is 2.30. The van der Waals surface area contributed by atoms with Crippen molar-refractivity contribution in [1.82, 2.24) is 0 Å². The lowest BCUT2D eigenvalue weighted by molar-refractivity contribution is 0.201. The predicted molar refractivity (Wildman–Crippen MR) is 63.4 cm³/mol. The zero-order valence-corrected chi connectivity index (χ0v) is 10.1. The number of ether oxygens (including phenoxy) is 1. The fraction of sp³-hybridized carbons (Fsp3) is 0.333. The molecule has 0 saturated heterocycles. The van der Waals surface area contributed by atoms with Crippen molar-refractivity contribution in [3.05, 3.63) is 40.8 Å². The molecule has 0 bridgehead atoms. The third-order valence-corrected chi connectivity index (χ3v) is 4.62. The van der Waals surface area contributed by atoms with E-state index in [-0.39, 0.29) is 11.9 Å². The Balaban J connectivity index is 2.55. The number of allylic oxidation sites excluding steroid dienone is 1. The second-order valence-electron chi connectivity index (χ2n) is 3.96. The summed E-state index contributed by atoms with van der Waals surface area (Å²) in [6.07, 6.45) is -0.288. The van der Waals surface area contributed by atoms with Gasteiger partial charge in [0.1, 0.15) is 11.9 Å². The molecule has 1 aliphatic rings. The number of hydrogen-bond donors (Lipinski definition) is 0. The number of sulfone groups is 1. The molecule has 1 aromatic carbocycles. The van der Waals surface area contributed by atoms with Crippen LogP contribution in [0.3, 0.4) is 0 Å². The van der Waals surface area contributed by atoms with Gasteiger partial charge in [0.25, 0.3) is 0 Å². The van der Waals surface area contributed by atoms with Crippen LogP contribution in [0.5, 0.6) is 0 Å². The predicted octanol–water partition coefficient (Wildman–Crippen LogP) is 2.21. The molecule has 3 nitrogen and oxygen atoms in total. The molecule has 0 fully saturated rings. The quantitative estimate of drug-likeness (QED) is 0.753. The van der Waals surface area contributed by atoms with Gasteiger partial charge in [-0.05, 0) is 13.8 Å². The summed E-state index contributed by atoms with van der Waals surface area (Å²) in [6, 6.07) is 9.33. The van der Waals surface area contributed by atoms with E-state index < -0.39 is 9.84 Å². The van der Waals surface area contributed by atoms with Crippen molar-refractivity contribution in [2.24, 2.45) is 0 Å². The largest absolute Gasteiger partial charge is 0.488 e. The van der Waals surface area contributed by atoms with Crippen LogP contribution < -0.4 is 0 Å². The fourth-order valence-corrected chi connectivity index (χ4v) is 3.14. The van der Waals surface area contributed by atoms with Crippen LogP contribution in [0.4, 0.5) is 0 Å². The number of rotatable bonds is 1. The topological polar surface area (TPSA) is 43.4 Å². The van der Waals surface area contributed by atoms with Crippen molar-refractivity contribution >= 4 is 15.6 Å². The molecule has 1 unspecified atom stereocenters. The lowest BCUT2D eigenvalue weighted by Gasteiger charge is -2.25. The zero-order valence-electron chi connectivity index (χ0n) is 9.30. The minimum Gasteiger partial charge on any atom is -0.488 e. The SMILES string of the molecule is CC1=C(c2ccccc2)OC(C)CS1(=O)=O. The molecule has 0 aliphatic carbocycles. The molecule has 1 aliphatic heterocycles. The Morgan fingerprint density at radius 2 is 1.88 bits per heavy atom. The fourth-order valence-electron chi connectivity index (χ4n) is 1.75. The lowest BCUT2D eigenvalue weighted by Crippen LogP contribution is -2.27. The maximum absolute atomic E-state index is 11.8. The molecule has 4 heteroatoms. The zero-order chi connectivity index (χ0) is 11.8. The van der Waals surface area contributed by atoms with Crippen molar-refractivity contribution in [1.29, 1.82) is 0 Å². The summed E-state index contributed by atoms with van der Waals surface area (Å²) in [5, 5.41) is 0. The van der Waals surface area contributed by atoms with E-state index in [1.165, 1.54) is 0 Å². The van der Waals surface area contributed by atoms with Gasteiger partial charge in [0.05, 0.1) is 10.7 Å². The molecule has 16 heavy (non-hydrogen) atoms. The van der Waals surface area contributed by atoms with Crippen LogP contribution in [0.1, 0.15) is 19.4 Å². The average molecular weight is 238 g/mol. The Hall–Kier alpha value is -1.29. The first-order valence-electron chi connectivity index (χ1n) is 5.16. The Morgan fingerprint density at radius 3 is 2.50 bits per heavy atom. The molecule has 2 rings (SSSR count). The highest BCUT2D eigenvalue weighted by molar-refractivity contribution is 7.95. The first-order chi connectivity index (χ1) is 7.50. The summed E-state index contributed by atoms with van der Waals surface area (Å²) in [4.78, 5) is 0.330. The van der Waals surface area contributed by atoms with E-state index >= 15 is 0 Å². The van der Waals surface area contributed by atoms with Gasteiger partial charge >= 0.3 is 0 Å². The summed E-state index contributed by atoms with van der Waals surface area (Å²) < 4.78 is 29.3. The van der Waals surface area contributed by atoms with Gasteiger partial charge in [0.2, 0.25) is 0 Å². The molecule has 0 amide bonds. The van der Waals surface area contributed by atoms with Gasteiger partial charge in [0, 0.05) is 5.56 Å². The Labute approximate surface area is 95.7 Å². The normalized spacial score (nSPS) is 24.0. The minimum absolute atomic E-state index is 0.0646. The van der Waals surface area contributed by atoms with Crippen LogP contribution in [0.2, 0.25) is 0 Å². The first-order valence-corrected chi connectivity index (χ1v) is 6.81. The second-order valence-corrected chi connectivity index (χ2v) is 6.14. The number of hydrogen-bond acceptors (Lipinski definition) is 3. The van der Waals surface area contributed by atoms with E-state index in [9.17, 15) is 8.42 Å². The standard InChI is InChI=1S/C12H14O3S/c1-9-8-16(13,14)10(2)12(15-9)11-6-4-3-5-7-11/h3-7,9H,8H2,1-2H3. The van der Waals surface area contributed by atoms with Crippen LogP contribution in [0.15, 0.2) is 35.2 Å². The highest BCUT2D eigenvalue weighted by Gasteiger charge is 2.29. The maximum atomic E-state index is 11.8. The first kappa shape index (κ1) is 11.2. The lowest BCUT2D eigenvalue weighted by atomic mass is 10.2. The van der Waals surface area contributed by atoms with Crippen LogP contribution in [-0.2, 0) is 14.6 Å². The van der Waals surface area contributed by atoms with Crippen molar-refractivity contribution in [3.63, 3.8) is 0 Å². The molecule has 0 radical (unpaired) electrons. The van der Waals surface area contributed by atoms with Crippen LogP contribution in [-0.4, -0.2) is 20.3 Å². The molecular weight excluding hydrogens is 224 g/mol. The summed E-state index contributed by atoms with van der Waals surface area (Å²) in [5.74, 6) is 0.550. The van der Waals surface area contributed by atoms with Gasteiger partial charge in [-0.3, -0.25) is 0 Å². The van der Waals surface area contributed by atoms with E-state index in [1.54, 1.807) is 13.8 Å². The molecule has 0 saturated carbocycles. The van der Waals surface area contributed by atoms with E-state index in [0.29, 0.717) is 10.7 Å². The highest BCUT2D eigenvalue weighted by atomic mass is 32.2. The Kier molecular flexibility index (Phi) is 2.76. The molecule has 0 aromatic heterocycles. The van der Waals surface area contributed by atoms with Gasteiger partial charge < -0.3 is 4.74 Å². The molecule has 0 N–H and O–H groups in total. The van der Waals surface area contributed by atoms with E-state index in [1.807, 2.05) is 30.3 Å². The molecule has 0 spiro atoms. The average Bonchev–Trinajstić information content (AvgIpc) is 2.24. The monoisotopic (exact) mass is 238 g/mol. The van der Waals surface area contributed by atoms with Crippen molar-refractivity contribution in [2.75, 3.05) is 5.75 Å². The Morgan fingerprint density at radius 1 is 1.25 bits per heavy atom. The molecule has 1 aromatic rings. The maximum Gasteiger partial charge on any atom is 0.181 e. The van der Waals surface area contributed by atoms with Crippen molar-refractivity contribution in [3.8, 4) is 0 Å². The molecule has 1 heterocycles. The summed E-state index contributed by atoms with van der Waals surface area (Å²) in [6.45, 7) is 3.37. The van der Waals surface area contributed by atoms with E-state index in [4.69, 9.17) is 4.74 Å². The van der Waals surface area contributed by atoms with Gasteiger partial charge in [-0.15, -0.1) is 0 Å². The van der Waals surface area contributed by atoms with E-state index in [0.717, 1.165) is 5.56 Å². The minimum atomic E-state index is -3.15.